The van der Waals surface area contributed by atoms with Gasteiger partial charge in [0.2, 0.25) is 0 Å². The summed E-state index contributed by atoms with van der Waals surface area (Å²) in [5, 5.41) is 0.579. The van der Waals surface area contributed by atoms with Crippen molar-refractivity contribution in [2.75, 3.05) is 25.9 Å². The van der Waals surface area contributed by atoms with Gasteiger partial charge in [-0.2, -0.15) is 0 Å². The third-order valence-corrected chi connectivity index (χ3v) is 4.91. The van der Waals surface area contributed by atoms with E-state index in [0.29, 0.717) is 10.6 Å². The average molecular weight is 346 g/mol. The molecule has 1 aromatic carbocycles. The molecule has 2 rings (SSSR count). The van der Waals surface area contributed by atoms with E-state index in [9.17, 15) is 4.79 Å². The van der Waals surface area contributed by atoms with Gasteiger partial charge in [-0.3, -0.25) is 4.79 Å². The Morgan fingerprint density at radius 3 is 2.42 bits per heavy atom. The van der Waals surface area contributed by atoms with Crippen LogP contribution in [0.2, 0.25) is 0 Å². The maximum absolute atomic E-state index is 13.2. The zero-order valence-electron chi connectivity index (χ0n) is 14.9. The van der Waals surface area contributed by atoms with Gasteiger partial charge in [-0.1, -0.05) is 32.0 Å². The summed E-state index contributed by atoms with van der Waals surface area (Å²) in [6, 6.07) is 7.77. The van der Waals surface area contributed by atoms with Crippen molar-refractivity contribution in [3.63, 3.8) is 0 Å². The molecule has 0 unspecified atom stereocenters. The molecule has 2 aromatic rings. The molecule has 0 saturated carbocycles. The Morgan fingerprint density at radius 2 is 1.83 bits per heavy atom. The predicted molar refractivity (Wildman–Crippen MR) is 102 cm³/mol. The molecular formula is C19H26N2O2S. The van der Waals surface area contributed by atoms with E-state index in [2.05, 4.69) is 13.8 Å². The molecule has 0 aliphatic heterocycles. The van der Waals surface area contributed by atoms with Gasteiger partial charge in [0.05, 0.1) is 17.7 Å². The van der Waals surface area contributed by atoms with E-state index in [0.717, 1.165) is 47.7 Å². The Kier molecular flexibility index (Phi) is 6.26. The molecule has 5 heteroatoms. The Labute approximate surface area is 148 Å². The highest BCUT2D eigenvalue weighted by molar-refractivity contribution is 7.16. The highest BCUT2D eigenvalue weighted by atomic mass is 32.1. The van der Waals surface area contributed by atoms with Gasteiger partial charge in [0, 0.05) is 29.1 Å². The van der Waals surface area contributed by atoms with Gasteiger partial charge in [0.15, 0.2) is 0 Å². The number of nitrogen functional groups attached to an aromatic ring is 1. The van der Waals surface area contributed by atoms with Crippen LogP contribution in [-0.4, -0.2) is 31.0 Å². The van der Waals surface area contributed by atoms with Crippen LogP contribution in [0.4, 0.5) is 5.00 Å². The van der Waals surface area contributed by atoms with E-state index in [-0.39, 0.29) is 5.91 Å². The Morgan fingerprint density at radius 1 is 1.21 bits per heavy atom. The largest absolute Gasteiger partial charge is 0.496 e. The van der Waals surface area contributed by atoms with Crippen molar-refractivity contribution >= 4 is 22.2 Å². The monoisotopic (exact) mass is 346 g/mol. The number of hydrogen-bond acceptors (Lipinski definition) is 4. The molecule has 4 nitrogen and oxygen atoms in total. The van der Waals surface area contributed by atoms with Crippen LogP contribution in [0.25, 0.3) is 11.1 Å². The molecule has 130 valence electrons. The van der Waals surface area contributed by atoms with Crippen LogP contribution >= 0.6 is 11.3 Å². The van der Waals surface area contributed by atoms with Gasteiger partial charge in [0.1, 0.15) is 5.75 Å². The van der Waals surface area contributed by atoms with E-state index in [4.69, 9.17) is 10.5 Å². The fourth-order valence-corrected chi connectivity index (χ4v) is 3.90. The average Bonchev–Trinajstić information content (AvgIpc) is 2.87. The molecule has 2 N–H and O–H groups in total. The third kappa shape index (κ3) is 3.56. The molecule has 0 atom stereocenters. The van der Waals surface area contributed by atoms with Crippen LogP contribution in [0, 0.1) is 6.92 Å². The van der Waals surface area contributed by atoms with Crippen LogP contribution in [0.15, 0.2) is 24.3 Å². The lowest BCUT2D eigenvalue weighted by Gasteiger charge is -2.22. The minimum atomic E-state index is 0.0152. The summed E-state index contributed by atoms with van der Waals surface area (Å²) < 4.78 is 5.49. The van der Waals surface area contributed by atoms with Crippen LogP contribution in [0.1, 0.15) is 41.9 Å². The van der Waals surface area contributed by atoms with Crippen molar-refractivity contribution in [3.8, 4) is 16.9 Å². The number of para-hydroxylation sites is 1. The van der Waals surface area contributed by atoms with Gasteiger partial charge < -0.3 is 15.4 Å². The number of carbonyl (C=O) groups excluding carboxylic acids is 1. The minimum absolute atomic E-state index is 0.0152. The smallest absolute Gasteiger partial charge is 0.257 e. The highest BCUT2D eigenvalue weighted by Crippen LogP contribution is 2.42. The van der Waals surface area contributed by atoms with Crippen molar-refractivity contribution in [2.24, 2.45) is 0 Å². The number of nitrogens with two attached hydrogens (primary N) is 1. The lowest BCUT2D eigenvalue weighted by molar-refractivity contribution is 0.0758. The molecule has 0 spiro atoms. The van der Waals surface area contributed by atoms with E-state index >= 15 is 0 Å². The van der Waals surface area contributed by atoms with Crippen LogP contribution in [0.5, 0.6) is 5.75 Å². The first-order valence-electron chi connectivity index (χ1n) is 8.36. The number of methoxy groups -OCH3 is 1. The number of nitrogens with zero attached hydrogens (tertiary/aromatic N) is 1. The number of benzene rings is 1. The summed E-state index contributed by atoms with van der Waals surface area (Å²) in [4.78, 5) is 16.1. The van der Waals surface area contributed by atoms with Gasteiger partial charge in [-0.05, 0) is 25.8 Å². The third-order valence-electron chi connectivity index (χ3n) is 3.98. The van der Waals surface area contributed by atoms with E-state index in [1.165, 1.54) is 11.3 Å². The Balaban J connectivity index is 2.57. The van der Waals surface area contributed by atoms with E-state index in [1.807, 2.05) is 36.1 Å². The predicted octanol–water partition coefficient (Wildman–Crippen LogP) is 4.58. The number of amides is 1. The SMILES string of the molecule is CCCN(CCC)C(=O)c1c(N)sc(C)c1-c1ccccc1OC. The zero-order chi connectivity index (χ0) is 17.7. The normalized spacial score (nSPS) is 10.7. The number of carbonyl (C=O) groups is 1. The van der Waals surface area contributed by atoms with Gasteiger partial charge in [-0.25, -0.2) is 0 Å². The van der Waals surface area contributed by atoms with Gasteiger partial charge >= 0.3 is 0 Å². The molecule has 0 saturated heterocycles. The molecule has 0 aliphatic carbocycles. The Hall–Kier alpha value is -2.01. The quantitative estimate of drug-likeness (QED) is 0.798. The van der Waals surface area contributed by atoms with Gasteiger partial charge in [-0.15, -0.1) is 11.3 Å². The lowest BCUT2D eigenvalue weighted by Crippen LogP contribution is -2.33. The standard InChI is InChI=1S/C19H26N2O2S/c1-5-11-21(12-6-2)19(22)17-16(13(3)24-18(17)20)14-9-7-8-10-15(14)23-4/h7-10H,5-6,11-12,20H2,1-4H3. The molecule has 1 heterocycles. The van der Waals surface area contributed by atoms with Crippen LogP contribution in [0.3, 0.4) is 0 Å². The minimum Gasteiger partial charge on any atom is -0.496 e. The number of hydrogen-bond donors (Lipinski definition) is 1. The fourth-order valence-electron chi connectivity index (χ4n) is 2.97. The molecule has 1 aromatic heterocycles. The summed E-state index contributed by atoms with van der Waals surface area (Å²) in [6.07, 6.45) is 1.86. The summed E-state index contributed by atoms with van der Waals surface area (Å²) in [5.74, 6) is 0.770. The zero-order valence-corrected chi connectivity index (χ0v) is 15.7. The number of anilines is 1. The second kappa shape index (κ2) is 8.20. The van der Waals surface area contributed by atoms with Crippen molar-refractivity contribution in [3.05, 3.63) is 34.7 Å². The highest BCUT2D eigenvalue weighted by Gasteiger charge is 2.26. The van der Waals surface area contributed by atoms with Crippen molar-refractivity contribution in [1.29, 1.82) is 0 Å². The summed E-state index contributed by atoms with van der Waals surface area (Å²) >= 11 is 1.47. The summed E-state index contributed by atoms with van der Waals surface area (Å²) in [6.45, 7) is 7.65. The topological polar surface area (TPSA) is 55.6 Å². The number of ether oxygens (including phenoxy) is 1. The van der Waals surface area contributed by atoms with Crippen LogP contribution in [-0.2, 0) is 0 Å². The van der Waals surface area contributed by atoms with Crippen molar-refractivity contribution < 1.29 is 9.53 Å². The van der Waals surface area contributed by atoms with E-state index < -0.39 is 0 Å². The van der Waals surface area contributed by atoms with E-state index in [1.54, 1.807) is 7.11 Å². The molecule has 0 aliphatic rings. The number of rotatable bonds is 7. The maximum Gasteiger partial charge on any atom is 0.257 e. The summed E-state index contributed by atoms with van der Waals surface area (Å²) in [7, 11) is 1.64. The van der Waals surface area contributed by atoms with Crippen molar-refractivity contribution in [2.45, 2.75) is 33.6 Å². The molecular weight excluding hydrogens is 320 g/mol. The first kappa shape index (κ1) is 18.3. The second-order valence-corrected chi connectivity index (χ2v) is 7.02. The first-order valence-corrected chi connectivity index (χ1v) is 9.18. The number of aryl methyl sites for hydroxylation is 1. The van der Waals surface area contributed by atoms with Gasteiger partial charge in [0.25, 0.3) is 5.91 Å². The molecule has 1 amide bonds. The number of thiophene rings is 1. The lowest BCUT2D eigenvalue weighted by atomic mass is 9.99. The Bertz CT molecular complexity index is 703. The second-order valence-electron chi connectivity index (χ2n) is 5.76. The molecule has 0 radical (unpaired) electrons. The van der Waals surface area contributed by atoms with Crippen LogP contribution < -0.4 is 10.5 Å². The summed E-state index contributed by atoms with van der Waals surface area (Å²) in [5.41, 5.74) is 8.67. The molecule has 0 bridgehead atoms. The first-order chi connectivity index (χ1) is 11.5. The van der Waals surface area contributed by atoms with Crippen molar-refractivity contribution in [1.82, 2.24) is 4.90 Å². The maximum atomic E-state index is 13.2. The molecule has 0 fully saturated rings. The molecule has 24 heavy (non-hydrogen) atoms. The fraction of sp³-hybridized carbons (Fsp3) is 0.421.